The molecule has 0 fully saturated rings. The summed E-state index contributed by atoms with van der Waals surface area (Å²) >= 11 is 0. The molecule has 2 aromatic heterocycles. The van der Waals surface area contributed by atoms with E-state index in [0.29, 0.717) is 0 Å². The van der Waals surface area contributed by atoms with Crippen LogP contribution in [0.5, 0.6) is 0 Å². The van der Waals surface area contributed by atoms with Crippen molar-refractivity contribution in [1.82, 2.24) is 4.57 Å². The van der Waals surface area contributed by atoms with Crippen LogP contribution in [0.1, 0.15) is 0 Å². The van der Waals surface area contributed by atoms with Crippen LogP contribution < -0.4 is 4.90 Å². The second-order valence-electron chi connectivity index (χ2n) is 14.1. The summed E-state index contributed by atoms with van der Waals surface area (Å²) in [6.07, 6.45) is 0. The molecule has 0 aliphatic rings. The number of benzene rings is 9. The molecule has 0 bridgehead atoms. The molecule has 0 saturated heterocycles. The largest absolute Gasteiger partial charge is 0.455 e. The van der Waals surface area contributed by atoms with E-state index in [4.69, 9.17) is 4.42 Å². The Morgan fingerprint density at radius 3 is 1.67 bits per heavy atom. The number of para-hydroxylation sites is 4. The Bertz CT molecular complexity index is 3140. The molecule has 0 aliphatic carbocycles. The van der Waals surface area contributed by atoms with Crippen LogP contribution in [-0.4, -0.2) is 4.57 Å². The van der Waals surface area contributed by atoms with Gasteiger partial charge in [-0.3, -0.25) is 0 Å². The first-order chi connectivity index (χ1) is 27.3. The number of hydrogen-bond donors (Lipinski definition) is 0. The molecular formula is C52H34N2O. The van der Waals surface area contributed by atoms with Gasteiger partial charge in [0.05, 0.1) is 16.7 Å². The maximum absolute atomic E-state index is 6.65. The minimum absolute atomic E-state index is 0.890. The predicted molar refractivity (Wildman–Crippen MR) is 231 cm³/mol. The number of rotatable bonds is 6. The Kier molecular flexibility index (Phi) is 7.17. The Morgan fingerprint density at radius 1 is 0.400 bits per heavy atom. The van der Waals surface area contributed by atoms with Gasteiger partial charge < -0.3 is 13.9 Å². The minimum Gasteiger partial charge on any atom is -0.455 e. The molecule has 0 atom stereocenters. The van der Waals surface area contributed by atoms with Crippen LogP contribution in [0, 0.1) is 0 Å². The Hall–Kier alpha value is -7.36. The Morgan fingerprint density at radius 2 is 0.945 bits per heavy atom. The van der Waals surface area contributed by atoms with Crippen molar-refractivity contribution in [3.63, 3.8) is 0 Å². The van der Waals surface area contributed by atoms with Crippen molar-refractivity contribution < 1.29 is 4.42 Å². The lowest BCUT2D eigenvalue weighted by Crippen LogP contribution is -2.11. The third kappa shape index (κ3) is 5.05. The van der Waals surface area contributed by atoms with Gasteiger partial charge in [0, 0.05) is 49.6 Å². The molecule has 0 radical (unpaired) electrons. The number of aromatic nitrogens is 1. The van der Waals surface area contributed by atoms with Crippen molar-refractivity contribution in [2.75, 3.05) is 4.90 Å². The SMILES string of the molecule is c1ccc(-c2ccc(N(c3ccc(-n4c5ccccc5c5ccccc54)cc3)c3ccccc3-c3cc4ccccc4c4oc5ccccc5c34)cc2)cc1. The summed E-state index contributed by atoms with van der Waals surface area (Å²) in [5.41, 5.74) is 13.2. The van der Waals surface area contributed by atoms with E-state index in [1.807, 2.05) is 6.07 Å². The van der Waals surface area contributed by atoms with Crippen molar-refractivity contribution in [3.8, 4) is 27.9 Å². The summed E-state index contributed by atoms with van der Waals surface area (Å²) in [5.74, 6) is 0. The zero-order chi connectivity index (χ0) is 36.3. The molecule has 0 amide bonds. The molecule has 0 aliphatic heterocycles. The van der Waals surface area contributed by atoms with Crippen molar-refractivity contribution in [2.45, 2.75) is 0 Å². The van der Waals surface area contributed by atoms with E-state index >= 15 is 0 Å². The van der Waals surface area contributed by atoms with Crippen molar-refractivity contribution in [1.29, 1.82) is 0 Å². The molecule has 0 saturated carbocycles. The fraction of sp³-hybridized carbons (Fsp3) is 0. The molecule has 11 rings (SSSR count). The highest BCUT2D eigenvalue weighted by Gasteiger charge is 2.22. The first-order valence-corrected chi connectivity index (χ1v) is 18.8. The van der Waals surface area contributed by atoms with Gasteiger partial charge >= 0.3 is 0 Å². The zero-order valence-electron chi connectivity index (χ0n) is 29.9. The van der Waals surface area contributed by atoms with Crippen LogP contribution >= 0.6 is 0 Å². The quantitative estimate of drug-likeness (QED) is 0.172. The van der Waals surface area contributed by atoms with E-state index in [9.17, 15) is 0 Å². The van der Waals surface area contributed by atoms with Gasteiger partial charge in [-0.2, -0.15) is 0 Å². The topological polar surface area (TPSA) is 21.3 Å². The summed E-state index contributed by atoms with van der Waals surface area (Å²) < 4.78 is 9.02. The lowest BCUT2D eigenvalue weighted by atomic mass is 9.93. The molecular weight excluding hydrogens is 669 g/mol. The van der Waals surface area contributed by atoms with Crippen molar-refractivity contribution in [2.24, 2.45) is 0 Å². The van der Waals surface area contributed by atoms with Crippen LogP contribution in [0.15, 0.2) is 211 Å². The molecule has 3 heteroatoms. The maximum Gasteiger partial charge on any atom is 0.143 e. The average Bonchev–Trinajstić information content (AvgIpc) is 3.82. The first-order valence-electron chi connectivity index (χ1n) is 18.8. The summed E-state index contributed by atoms with van der Waals surface area (Å²) in [7, 11) is 0. The van der Waals surface area contributed by atoms with Gasteiger partial charge in [-0.05, 0) is 88.8 Å². The average molecular weight is 703 g/mol. The van der Waals surface area contributed by atoms with Crippen LogP contribution in [0.25, 0.3) is 82.5 Å². The monoisotopic (exact) mass is 702 g/mol. The molecule has 11 aromatic rings. The number of hydrogen-bond acceptors (Lipinski definition) is 2. The second kappa shape index (κ2) is 12.6. The van der Waals surface area contributed by atoms with E-state index in [1.54, 1.807) is 0 Å². The summed E-state index contributed by atoms with van der Waals surface area (Å²) in [5, 5.41) is 7.01. The Balaban J connectivity index is 1.13. The normalized spacial score (nSPS) is 11.6. The number of fused-ring (bicyclic) bond motifs is 8. The lowest BCUT2D eigenvalue weighted by Gasteiger charge is -2.28. The molecule has 9 aromatic carbocycles. The van der Waals surface area contributed by atoms with Crippen molar-refractivity contribution in [3.05, 3.63) is 206 Å². The third-order valence-electron chi connectivity index (χ3n) is 11.0. The van der Waals surface area contributed by atoms with E-state index in [0.717, 1.165) is 66.6 Å². The second-order valence-corrected chi connectivity index (χ2v) is 14.1. The van der Waals surface area contributed by atoms with Gasteiger partial charge in [-0.25, -0.2) is 0 Å². The number of nitrogens with zero attached hydrogens (tertiary/aromatic N) is 2. The van der Waals surface area contributed by atoms with Gasteiger partial charge in [0.2, 0.25) is 0 Å². The minimum atomic E-state index is 0.890. The fourth-order valence-corrected chi connectivity index (χ4v) is 8.48. The summed E-state index contributed by atoms with van der Waals surface area (Å²) in [6.45, 7) is 0. The molecule has 3 nitrogen and oxygen atoms in total. The molecule has 0 N–H and O–H groups in total. The number of furan rings is 1. The molecule has 2 heterocycles. The standard InChI is InChI=1S/C52H34N2O/c1-2-14-35(15-3-1)36-26-28-38(29-27-36)53(39-30-32-40(33-31-39)54-48-23-11-6-18-42(48)43-19-7-12-24-49(43)54)47-22-10-8-20-44(47)46-34-37-16-4-5-17-41(37)52-51(46)45-21-9-13-25-50(45)55-52/h1-34H. The van der Waals surface area contributed by atoms with Gasteiger partial charge in [0.15, 0.2) is 0 Å². The van der Waals surface area contributed by atoms with Gasteiger partial charge in [0.1, 0.15) is 11.2 Å². The van der Waals surface area contributed by atoms with Gasteiger partial charge in [-0.1, -0.05) is 140 Å². The van der Waals surface area contributed by atoms with Crippen LogP contribution in [0.4, 0.5) is 17.1 Å². The van der Waals surface area contributed by atoms with Crippen LogP contribution in [-0.2, 0) is 0 Å². The maximum atomic E-state index is 6.65. The van der Waals surface area contributed by atoms with E-state index in [1.165, 1.54) is 32.9 Å². The van der Waals surface area contributed by atoms with E-state index < -0.39 is 0 Å². The number of anilines is 3. The third-order valence-corrected chi connectivity index (χ3v) is 11.0. The molecule has 0 unspecified atom stereocenters. The highest BCUT2D eigenvalue weighted by molar-refractivity contribution is 6.22. The smallest absolute Gasteiger partial charge is 0.143 e. The predicted octanol–water partition coefficient (Wildman–Crippen LogP) is 14.6. The van der Waals surface area contributed by atoms with Crippen LogP contribution in [0.3, 0.4) is 0 Å². The van der Waals surface area contributed by atoms with Gasteiger partial charge in [-0.15, -0.1) is 0 Å². The first kappa shape index (κ1) is 31.2. The van der Waals surface area contributed by atoms with Crippen molar-refractivity contribution >= 4 is 71.6 Å². The summed E-state index contributed by atoms with van der Waals surface area (Å²) in [4.78, 5) is 2.39. The summed E-state index contributed by atoms with van der Waals surface area (Å²) in [6, 6.07) is 73.9. The molecule has 258 valence electrons. The van der Waals surface area contributed by atoms with E-state index in [-0.39, 0.29) is 0 Å². The highest BCUT2D eigenvalue weighted by Crippen LogP contribution is 2.47. The Labute approximate surface area is 318 Å². The lowest BCUT2D eigenvalue weighted by molar-refractivity contribution is 0.673. The van der Waals surface area contributed by atoms with Crippen LogP contribution in [0.2, 0.25) is 0 Å². The highest BCUT2D eigenvalue weighted by atomic mass is 16.3. The molecule has 55 heavy (non-hydrogen) atoms. The zero-order valence-corrected chi connectivity index (χ0v) is 29.9. The van der Waals surface area contributed by atoms with E-state index in [2.05, 4.69) is 210 Å². The molecule has 0 spiro atoms. The fourth-order valence-electron chi connectivity index (χ4n) is 8.48. The van der Waals surface area contributed by atoms with Gasteiger partial charge in [0.25, 0.3) is 0 Å².